The Morgan fingerprint density at radius 1 is 0.909 bits per heavy atom. The Morgan fingerprint density at radius 3 is 2.30 bits per heavy atom. The minimum atomic E-state index is -0.0864. The molecule has 0 aliphatic carbocycles. The Kier molecular flexibility index (Phi) is 7.76. The molecule has 3 aromatic carbocycles. The van der Waals surface area contributed by atoms with E-state index in [1.165, 1.54) is 0 Å². The van der Waals surface area contributed by atoms with E-state index >= 15 is 0 Å². The Labute approximate surface area is 210 Å². The smallest absolute Gasteiger partial charge is 0.128 e. The summed E-state index contributed by atoms with van der Waals surface area (Å²) in [7, 11) is 0. The molecule has 0 amide bonds. The number of aromatic hydroxyl groups is 1. The summed E-state index contributed by atoms with van der Waals surface area (Å²) in [4.78, 5) is 4.42. The summed E-state index contributed by atoms with van der Waals surface area (Å²) in [6, 6.07) is 19.0. The van der Waals surface area contributed by atoms with Crippen molar-refractivity contribution in [2.45, 2.75) is 32.9 Å². The number of halogens is 3. The van der Waals surface area contributed by atoms with Crippen LogP contribution in [0.1, 0.15) is 26.3 Å². The second kappa shape index (κ2) is 10.2. The van der Waals surface area contributed by atoms with E-state index in [9.17, 15) is 5.11 Å². The lowest BCUT2D eigenvalue weighted by molar-refractivity contribution is 0.412. The number of hydrogen-bond donors (Lipinski definition) is 3. The Hall–Kier alpha value is -2.50. The Bertz CT molecular complexity index is 1270. The lowest BCUT2D eigenvalue weighted by Crippen LogP contribution is -2.35. The van der Waals surface area contributed by atoms with Crippen LogP contribution < -0.4 is 10.6 Å². The van der Waals surface area contributed by atoms with Crippen LogP contribution in [0.4, 0.5) is 11.4 Å². The molecule has 0 saturated carbocycles. The molecule has 0 unspecified atom stereocenters. The number of phenols is 1. The summed E-state index contributed by atoms with van der Waals surface area (Å²) in [5.74, 6) is 0.251. The molecule has 3 N–H and O–H groups in total. The van der Waals surface area contributed by atoms with Crippen molar-refractivity contribution < 1.29 is 5.11 Å². The van der Waals surface area contributed by atoms with Crippen LogP contribution in [0, 0.1) is 0 Å². The highest BCUT2D eigenvalue weighted by Gasteiger charge is 2.16. The predicted octanol–water partition coefficient (Wildman–Crippen LogP) is 7.97. The number of hydrogen-bond acceptors (Lipinski definition) is 4. The molecule has 4 rings (SSSR count). The molecular weight excluding hydrogens is 477 g/mol. The summed E-state index contributed by atoms with van der Waals surface area (Å²) in [5.41, 5.74) is 4.93. The summed E-state index contributed by atoms with van der Waals surface area (Å²) < 4.78 is 0. The highest BCUT2D eigenvalue weighted by molar-refractivity contribution is 6.31. The first kappa shape index (κ1) is 25.1. The van der Waals surface area contributed by atoms with Gasteiger partial charge in [0.05, 0.1) is 5.52 Å². The van der Waals surface area contributed by atoms with E-state index in [4.69, 9.17) is 23.2 Å². The number of rotatable bonds is 5. The van der Waals surface area contributed by atoms with Crippen molar-refractivity contribution in [1.82, 2.24) is 10.3 Å². The number of anilines is 2. The number of aromatic nitrogens is 1. The molecule has 172 valence electrons. The molecule has 0 spiro atoms. The molecule has 0 saturated heterocycles. The number of pyridine rings is 1. The first-order valence-electron chi connectivity index (χ1n) is 10.4. The fourth-order valence-electron chi connectivity index (χ4n) is 3.50. The summed E-state index contributed by atoms with van der Waals surface area (Å²) in [6.45, 7) is 6.82. The first-order chi connectivity index (χ1) is 15.2. The minimum absolute atomic E-state index is 0. The number of benzene rings is 3. The normalized spacial score (nSPS) is 11.3. The van der Waals surface area contributed by atoms with Gasteiger partial charge >= 0.3 is 0 Å². The standard InChI is InChI=1S/C26H25Cl2N3O.ClH/c1-26(2,3)30-15-17-12-20(14-22(25(17)32)16-4-6-18(27)7-5-16)31-23-10-11-29-24-13-19(28)8-9-21(23)24;/h4-14,30,32H,15H2,1-3H3,(H,29,31);1H. The molecule has 0 radical (unpaired) electrons. The molecule has 0 fully saturated rings. The molecule has 33 heavy (non-hydrogen) atoms. The zero-order valence-corrected chi connectivity index (χ0v) is 20.9. The van der Waals surface area contributed by atoms with E-state index in [0.717, 1.165) is 39.0 Å². The number of nitrogens with zero attached hydrogens (tertiary/aromatic N) is 1. The van der Waals surface area contributed by atoms with Gasteiger partial charge in [-0.25, -0.2) is 0 Å². The van der Waals surface area contributed by atoms with E-state index in [0.29, 0.717) is 16.6 Å². The van der Waals surface area contributed by atoms with Gasteiger partial charge in [-0.3, -0.25) is 4.98 Å². The maximum Gasteiger partial charge on any atom is 0.128 e. The van der Waals surface area contributed by atoms with Crippen molar-refractivity contribution in [3.63, 3.8) is 0 Å². The predicted molar refractivity (Wildman–Crippen MR) is 142 cm³/mol. The SMILES string of the molecule is CC(C)(C)NCc1cc(Nc2ccnc3cc(Cl)ccc23)cc(-c2ccc(Cl)cc2)c1O.Cl. The lowest BCUT2D eigenvalue weighted by atomic mass is 9.99. The van der Waals surface area contributed by atoms with E-state index < -0.39 is 0 Å². The molecule has 4 nitrogen and oxygen atoms in total. The van der Waals surface area contributed by atoms with E-state index in [1.54, 1.807) is 6.20 Å². The van der Waals surface area contributed by atoms with Crippen LogP contribution in [0.2, 0.25) is 10.0 Å². The maximum absolute atomic E-state index is 11.1. The highest BCUT2D eigenvalue weighted by atomic mass is 35.5. The van der Waals surface area contributed by atoms with Gasteiger partial charge in [0.25, 0.3) is 0 Å². The third-order valence-corrected chi connectivity index (χ3v) is 5.62. The largest absolute Gasteiger partial charge is 0.507 e. The van der Waals surface area contributed by atoms with Gasteiger partial charge in [-0.2, -0.15) is 0 Å². The molecule has 0 aliphatic rings. The van der Waals surface area contributed by atoms with Gasteiger partial charge in [-0.05, 0) is 74.9 Å². The molecule has 1 heterocycles. The van der Waals surface area contributed by atoms with E-state index in [2.05, 4.69) is 36.4 Å². The van der Waals surface area contributed by atoms with Crippen molar-refractivity contribution in [2.24, 2.45) is 0 Å². The molecule has 0 atom stereocenters. The van der Waals surface area contributed by atoms with Crippen LogP contribution in [-0.4, -0.2) is 15.6 Å². The maximum atomic E-state index is 11.1. The number of nitrogens with one attached hydrogen (secondary N) is 2. The van der Waals surface area contributed by atoms with Gasteiger partial charge in [-0.1, -0.05) is 35.3 Å². The Morgan fingerprint density at radius 2 is 1.61 bits per heavy atom. The monoisotopic (exact) mass is 501 g/mol. The second-order valence-corrected chi connectivity index (χ2v) is 9.66. The topological polar surface area (TPSA) is 57.2 Å². The van der Waals surface area contributed by atoms with Crippen LogP contribution in [-0.2, 0) is 6.54 Å². The van der Waals surface area contributed by atoms with Crippen molar-refractivity contribution in [1.29, 1.82) is 0 Å². The second-order valence-electron chi connectivity index (χ2n) is 8.79. The number of phenolic OH excluding ortho intramolecular Hbond substituents is 1. The molecule has 7 heteroatoms. The van der Waals surface area contributed by atoms with Crippen molar-refractivity contribution in [3.8, 4) is 16.9 Å². The van der Waals surface area contributed by atoms with Gasteiger partial charge in [-0.15, -0.1) is 12.4 Å². The average molecular weight is 503 g/mol. The van der Waals surface area contributed by atoms with Gasteiger partial charge < -0.3 is 15.7 Å². The molecular formula is C26H26Cl3N3O. The average Bonchev–Trinajstić information content (AvgIpc) is 2.74. The molecule has 0 aliphatic heterocycles. The first-order valence-corrected chi connectivity index (χ1v) is 11.1. The van der Waals surface area contributed by atoms with Gasteiger partial charge in [0, 0.05) is 56.2 Å². The number of fused-ring (bicyclic) bond motifs is 1. The third kappa shape index (κ3) is 6.10. The quantitative estimate of drug-likeness (QED) is 0.242. The van der Waals surface area contributed by atoms with Crippen LogP contribution in [0.5, 0.6) is 5.75 Å². The highest BCUT2D eigenvalue weighted by Crippen LogP contribution is 2.38. The minimum Gasteiger partial charge on any atom is -0.507 e. The zero-order valence-electron chi connectivity index (χ0n) is 18.6. The lowest BCUT2D eigenvalue weighted by Gasteiger charge is -2.22. The van der Waals surface area contributed by atoms with Gasteiger partial charge in [0.15, 0.2) is 0 Å². The van der Waals surface area contributed by atoms with Crippen molar-refractivity contribution in [3.05, 3.63) is 82.5 Å². The van der Waals surface area contributed by atoms with E-state index in [-0.39, 0.29) is 23.7 Å². The summed E-state index contributed by atoms with van der Waals surface area (Å²) in [5, 5.41) is 20.3. The fourth-order valence-corrected chi connectivity index (χ4v) is 3.79. The Balaban J connectivity index is 0.00000306. The third-order valence-electron chi connectivity index (χ3n) is 5.14. The van der Waals surface area contributed by atoms with Crippen LogP contribution >= 0.6 is 35.6 Å². The zero-order chi connectivity index (χ0) is 22.9. The van der Waals surface area contributed by atoms with Gasteiger partial charge in [0.2, 0.25) is 0 Å². The molecule has 4 aromatic rings. The van der Waals surface area contributed by atoms with E-state index in [1.807, 2.05) is 60.7 Å². The van der Waals surface area contributed by atoms with Crippen LogP contribution in [0.25, 0.3) is 22.0 Å². The van der Waals surface area contributed by atoms with Crippen LogP contribution in [0.3, 0.4) is 0 Å². The summed E-state index contributed by atoms with van der Waals surface area (Å²) >= 11 is 12.2. The summed E-state index contributed by atoms with van der Waals surface area (Å²) in [6.07, 6.45) is 1.75. The molecule has 0 bridgehead atoms. The molecule has 1 aromatic heterocycles. The van der Waals surface area contributed by atoms with Crippen LogP contribution in [0.15, 0.2) is 66.9 Å². The fraction of sp³-hybridized carbons (Fsp3) is 0.192. The van der Waals surface area contributed by atoms with Crippen molar-refractivity contribution in [2.75, 3.05) is 5.32 Å². The van der Waals surface area contributed by atoms with Crippen molar-refractivity contribution >= 4 is 57.9 Å². The van der Waals surface area contributed by atoms with Gasteiger partial charge in [0.1, 0.15) is 5.75 Å².